The lowest BCUT2D eigenvalue weighted by Crippen LogP contribution is -2.17. The van der Waals surface area contributed by atoms with Gasteiger partial charge in [0.25, 0.3) is 0 Å². The van der Waals surface area contributed by atoms with Crippen molar-refractivity contribution in [2.75, 3.05) is 6.54 Å². The predicted molar refractivity (Wildman–Crippen MR) is 94.3 cm³/mol. The number of pyridine rings is 2. The molecule has 3 aromatic rings. The topological polar surface area (TPSA) is 37.8 Å². The third kappa shape index (κ3) is 4.38. The van der Waals surface area contributed by atoms with Crippen LogP contribution in [0.5, 0.6) is 0 Å². The van der Waals surface area contributed by atoms with E-state index in [0.717, 1.165) is 35.3 Å². The van der Waals surface area contributed by atoms with Gasteiger partial charge in [0.05, 0.1) is 0 Å². The van der Waals surface area contributed by atoms with Gasteiger partial charge in [-0.25, -0.2) is 4.98 Å². The molecule has 2 heterocycles. The van der Waals surface area contributed by atoms with E-state index in [0.29, 0.717) is 11.7 Å². The van der Waals surface area contributed by atoms with Crippen molar-refractivity contribution in [3.05, 3.63) is 83.4 Å². The number of aromatic nitrogens is 2. The molecule has 0 fully saturated rings. The first kappa shape index (κ1) is 15.7. The van der Waals surface area contributed by atoms with Crippen molar-refractivity contribution in [3.8, 4) is 11.1 Å². The molecule has 23 heavy (non-hydrogen) atoms. The normalized spacial score (nSPS) is 10.7. The van der Waals surface area contributed by atoms with Gasteiger partial charge in [0.1, 0.15) is 5.15 Å². The lowest BCUT2D eigenvalue weighted by molar-refractivity contribution is 0.678. The van der Waals surface area contributed by atoms with Crippen LogP contribution in [0.2, 0.25) is 5.15 Å². The second-order valence-electron chi connectivity index (χ2n) is 5.29. The van der Waals surface area contributed by atoms with E-state index in [2.05, 4.69) is 33.5 Å². The highest BCUT2D eigenvalue weighted by molar-refractivity contribution is 6.30. The molecule has 0 unspecified atom stereocenters. The Morgan fingerprint density at radius 2 is 1.74 bits per heavy atom. The Morgan fingerprint density at radius 1 is 0.913 bits per heavy atom. The molecule has 1 aromatic carbocycles. The molecule has 0 aliphatic carbocycles. The molecule has 0 aliphatic rings. The van der Waals surface area contributed by atoms with Gasteiger partial charge in [0, 0.05) is 48.7 Å². The zero-order chi connectivity index (χ0) is 15.9. The second kappa shape index (κ2) is 7.86. The fraction of sp³-hybridized carbons (Fsp3) is 0.158. The molecular weight excluding hydrogens is 306 g/mol. The molecule has 0 atom stereocenters. The lowest BCUT2D eigenvalue weighted by atomic mass is 10.1. The average Bonchev–Trinajstić information content (AvgIpc) is 2.62. The third-order valence-corrected chi connectivity index (χ3v) is 3.96. The van der Waals surface area contributed by atoms with Gasteiger partial charge in [-0.3, -0.25) is 4.98 Å². The summed E-state index contributed by atoms with van der Waals surface area (Å²) in [5.74, 6) is 0. The van der Waals surface area contributed by atoms with E-state index in [9.17, 15) is 0 Å². The summed E-state index contributed by atoms with van der Waals surface area (Å²) < 4.78 is 0. The van der Waals surface area contributed by atoms with Gasteiger partial charge < -0.3 is 5.32 Å². The zero-order valence-electron chi connectivity index (χ0n) is 12.7. The van der Waals surface area contributed by atoms with Crippen LogP contribution in [0.25, 0.3) is 11.1 Å². The number of hydrogen-bond acceptors (Lipinski definition) is 3. The first-order valence-electron chi connectivity index (χ1n) is 7.63. The average molecular weight is 324 g/mol. The molecule has 0 bridgehead atoms. The highest BCUT2D eigenvalue weighted by Crippen LogP contribution is 2.22. The van der Waals surface area contributed by atoms with E-state index < -0.39 is 0 Å². The summed E-state index contributed by atoms with van der Waals surface area (Å²) in [4.78, 5) is 8.62. The third-order valence-electron chi connectivity index (χ3n) is 3.62. The summed E-state index contributed by atoms with van der Waals surface area (Å²) in [5, 5.41) is 3.96. The first-order chi connectivity index (χ1) is 11.3. The smallest absolute Gasteiger partial charge is 0.133 e. The minimum atomic E-state index is 0.551. The standard InChI is InChI=1S/C19H18ClN3/c20-19-17(13-21-11-9-18-8-4-5-10-22-18)12-16(14-23-19)15-6-2-1-3-7-15/h1-8,10,12,14,21H,9,11,13H2. The lowest BCUT2D eigenvalue weighted by Gasteiger charge is -2.09. The van der Waals surface area contributed by atoms with Gasteiger partial charge in [-0.1, -0.05) is 48.0 Å². The second-order valence-corrected chi connectivity index (χ2v) is 5.65. The first-order valence-corrected chi connectivity index (χ1v) is 8.01. The molecule has 1 N–H and O–H groups in total. The molecule has 0 spiro atoms. The number of rotatable bonds is 6. The van der Waals surface area contributed by atoms with Gasteiger partial charge in [-0.2, -0.15) is 0 Å². The largest absolute Gasteiger partial charge is 0.312 e. The predicted octanol–water partition coefficient (Wildman–Crippen LogP) is 4.13. The number of hydrogen-bond donors (Lipinski definition) is 1. The van der Waals surface area contributed by atoms with Crippen molar-refractivity contribution in [3.63, 3.8) is 0 Å². The van der Waals surface area contributed by atoms with Crippen molar-refractivity contribution < 1.29 is 0 Å². The maximum absolute atomic E-state index is 6.22. The Balaban J connectivity index is 1.61. The van der Waals surface area contributed by atoms with E-state index in [1.54, 1.807) is 0 Å². The van der Waals surface area contributed by atoms with Crippen LogP contribution in [0.4, 0.5) is 0 Å². The number of nitrogens with zero attached hydrogens (tertiary/aromatic N) is 2. The Hall–Kier alpha value is -2.23. The molecule has 0 aliphatic heterocycles. The van der Waals surface area contributed by atoms with Crippen LogP contribution in [-0.2, 0) is 13.0 Å². The molecule has 2 aromatic heterocycles. The van der Waals surface area contributed by atoms with E-state index >= 15 is 0 Å². The molecule has 0 radical (unpaired) electrons. The molecule has 4 heteroatoms. The number of benzene rings is 1. The Kier molecular flexibility index (Phi) is 5.35. The monoisotopic (exact) mass is 323 g/mol. The minimum absolute atomic E-state index is 0.551. The van der Waals surface area contributed by atoms with Crippen LogP contribution in [-0.4, -0.2) is 16.5 Å². The number of halogens is 1. The SMILES string of the molecule is Clc1ncc(-c2ccccc2)cc1CNCCc1ccccn1. The van der Waals surface area contributed by atoms with Crippen molar-refractivity contribution in [2.45, 2.75) is 13.0 Å². The highest BCUT2D eigenvalue weighted by atomic mass is 35.5. The van der Waals surface area contributed by atoms with Crippen molar-refractivity contribution in [1.82, 2.24) is 15.3 Å². The summed E-state index contributed by atoms with van der Waals surface area (Å²) in [6.07, 6.45) is 4.53. The number of nitrogens with one attached hydrogen (secondary N) is 1. The fourth-order valence-electron chi connectivity index (χ4n) is 2.39. The maximum atomic E-state index is 6.22. The summed E-state index contributed by atoms with van der Waals surface area (Å²) >= 11 is 6.22. The summed E-state index contributed by atoms with van der Waals surface area (Å²) in [5.41, 5.74) is 4.32. The Labute approximate surface area is 141 Å². The van der Waals surface area contributed by atoms with Crippen molar-refractivity contribution in [1.29, 1.82) is 0 Å². The molecule has 3 rings (SSSR count). The van der Waals surface area contributed by atoms with Crippen LogP contribution in [0.3, 0.4) is 0 Å². The van der Waals surface area contributed by atoms with E-state index in [4.69, 9.17) is 11.6 Å². The van der Waals surface area contributed by atoms with Crippen LogP contribution < -0.4 is 5.32 Å². The minimum Gasteiger partial charge on any atom is -0.312 e. The Morgan fingerprint density at radius 3 is 2.52 bits per heavy atom. The van der Waals surface area contributed by atoms with Gasteiger partial charge in [0.2, 0.25) is 0 Å². The van der Waals surface area contributed by atoms with E-state index in [-0.39, 0.29) is 0 Å². The summed E-state index contributed by atoms with van der Waals surface area (Å²) in [7, 11) is 0. The van der Waals surface area contributed by atoms with Crippen LogP contribution in [0, 0.1) is 0 Å². The maximum Gasteiger partial charge on any atom is 0.133 e. The van der Waals surface area contributed by atoms with E-state index in [1.807, 2.05) is 48.8 Å². The molecule has 116 valence electrons. The molecular formula is C19H18ClN3. The molecule has 0 amide bonds. The van der Waals surface area contributed by atoms with Crippen molar-refractivity contribution in [2.24, 2.45) is 0 Å². The highest BCUT2D eigenvalue weighted by Gasteiger charge is 2.05. The molecule has 0 saturated carbocycles. The molecule has 3 nitrogen and oxygen atoms in total. The van der Waals surface area contributed by atoms with Crippen LogP contribution in [0.1, 0.15) is 11.3 Å². The van der Waals surface area contributed by atoms with Gasteiger partial charge in [-0.05, 0) is 23.8 Å². The van der Waals surface area contributed by atoms with Gasteiger partial charge in [0.15, 0.2) is 0 Å². The Bertz CT molecular complexity index is 745. The summed E-state index contributed by atoms with van der Waals surface area (Å²) in [6.45, 7) is 1.54. The van der Waals surface area contributed by atoms with Gasteiger partial charge in [-0.15, -0.1) is 0 Å². The zero-order valence-corrected chi connectivity index (χ0v) is 13.5. The van der Waals surface area contributed by atoms with Crippen LogP contribution in [0.15, 0.2) is 67.0 Å². The fourth-order valence-corrected chi connectivity index (χ4v) is 2.56. The van der Waals surface area contributed by atoms with Crippen LogP contribution >= 0.6 is 11.6 Å². The summed E-state index contributed by atoms with van der Waals surface area (Å²) in [6, 6.07) is 18.3. The quantitative estimate of drug-likeness (QED) is 0.547. The van der Waals surface area contributed by atoms with Crippen molar-refractivity contribution >= 4 is 11.6 Å². The van der Waals surface area contributed by atoms with Gasteiger partial charge >= 0.3 is 0 Å². The molecule has 0 saturated heterocycles. The van der Waals surface area contributed by atoms with E-state index in [1.165, 1.54) is 0 Å².